The maximum atomic E-state index is 12.9. The molecule has 1 aliphatic heterocycles. The highest BCUT2D eigenvalue weighted by atomic mass is 16.1. The molecule has 0 bridgehead atoms. The van der Waals surface area contributed by atoms with Crippen molar-refractivity contribution in [1.29, 1.82) is 0 Å². The van der Waals surface area contributed by atoms with Gasteiger partial charge < -0.3 is 5.32 Å². The van der Waals surface area contributed by atoms with Gasteiger partial charge in [-0.25, -0.2) is 9.50 Å². The van der Waals surface area contributed by atoms with Crippen molar-refractivity contribution in [2.45, 2.75) is 38.6 Å². The number of amides is 1. The number of fused-ring (bicyclic) bond motifs is 1. The second-order valence-electron chi connectivity index (χ2n) is 7.54. The summed E-state index contributed by atoms with van der Waals surface area (Å²) in [4.78, 5) is 19.8. The van der Waals surface area contributed by atoms with E-state index in [0.29, 0.717) is 17.8 Å². The van der Waals surface area contributed by atoms with Gasteiger partial charge in [-0.3, -0.25) is 9.69 Å². The molecule has 146 valence electrons. The molecule has 1 aliphatic rings. The van der Waals surface area contributed by atoms with Gasteiger partial charge in [0.15, 0.2) is 5.65 Å². The largest absolute Gasteiger partial charge is 0.350 e. The number of nitrogens with one attached hydrogen (secondary N) is 1. The highest BCUT2D eigenvalue weighted by Crippen LogP contribution is 2.24. The third kappa shape index (κ3) is 4.07. The molecular weight excluding hydrogens is 350 g/mol. The third-order valence-corrected chi connectivity index (χ3v) is 5.45. The topological polar surface area (TPSA) is 62.5 Å². The van der Waals surface area contributed by atoms with Crippen LogP contribution in [0, 0.1) is 6.92 Å². The lowest BCUT2D eigenvalue weighted by Gasteiger charge is -2.31. The zero-order valence-electron chi connectivity index (χ0n) is 16.3. The molecule has 0 radical (unpaired) electrons. The van der Waals surface area contributed by atoms with Gasteiger partial charge in [0.25, 0.3) is 5.91 Å². The zero-order valence-corrected chi connectivity index (χ0v) is 16.3. The van der Waals surface area contributed by atoms with Gasteiger partial charge in [-0.1, -0.05) is 43.2 Å². The number of likely N-dealkylation sites (tertiary alicyclic amines) is 1. The number of carbonyl (C=O) groups is 1. The van der Waals surface area contributed by atoms with Crippen LogP contribution in [0.1, 0.15) is 53.2 Å². The molecule has 0 aliphatic carbocycles. The SMILES string of the molecule is Cc1cnc2c(C(=O)NC[C@@H](c3ccccc3)N3CCCCCC3)cnn2c1. The van der Waals surface area contributed by atoms with E-state index in [2.05, 4.69) is 44.6 Å². The van der Waals surface area contributed by atoms with Crippen molar-refractivity contribution in [1.82, 2.24) is 24.8 Å². The Kier molecular flexibility index (Phi) is 5.67. The maximum Gasteiger partial charge on any atom is 0.256 e. The minimum absolute atomic E-state index is 0.123. The van der Waals surface area contributed by atoms with E-state index in [4.69, 9.17) is 0 Å². The standard InChI is InChI=1S/C22H27N5O/c1-17-13-23-21-19(14-25-27(21)16-17)22(28)24-15-20(18-9-5-4-6-10-18)26-11-7-2-3-8-12-26/h4-6,9-10,13-14,16,20H,2-3,7-8,11-12,15H2,1H3,(H,24,28)/t20-/m0/s1. The summed E-state index contributed by atoms with van der Waals surface area (Å²) in [6, 6.07) is 10.7. The Balaban J connectivity index is 1.52. The summed E-state index contributed by atoms with van der Waals surface area (Å²) in [5, 5.41) is 7.41. The number of carbonyl (C=O) groups excluding carboxylic acids is 1. The third-order valence-electron chi connectivity index (χ3n) is 5.45. The van der Waals surface area contributed by atoms with Crippen LogP contribution >= 0.6 is 0 Å². The maximum absolute atomic E-state index is 12.9. The Bertz CT molecular complexity index is 929. The van der Waals surface area contributed by atoms with E-state index in [1.165, 1.54) is 31.2 Å². The van der Waals surface area contributed by atoms with E-state index in [1.807, 2.05) is 19.2 Å². The van der Waals surface area contributed by atoms with Crippen LogP contribution < -0.4 is 5.32 Å². The van der Waals surface area contributed by atoms with Gasteiger partial charge in [0.2, 0.25) is 0 Å². The van der Waals surface area contributed by atoms with Crippen molar-refractivity contribution in [3.63, 3.8) is 0 Å². The smallest absolute Gasteiger partial charge is 0.256 e. The van der Waals surface area contributed by atoms with Gasteiger partial charge >= 0.3 is 0 Å². The second-order valence-corrected chi connectivity index (χ2v) is 7.54. The molecule has 28 heavy (non-hydrogen) atoms. The number of hydrogen-bond acceptors (Lipinski definition) is 4. The summed E-state index contributed by atoms with van der Waals surface area (Å²) in [6.45, 7) is 4.69. The summed E-state index contributed by atoms with van der Waals surface area (Å²) in [7, 11) is 0. The highest BCUT2D eigenvalue weighted by Gasteiger charge is 2.23. The Morgan fingerprint density at radius 2 is 1.86 bits per heavy atom. The van der Waals surface area contributed by atoms with Gasteiger partial charge in [-0.2, -0.15) is 5.10 Å². The van der Waals surface area contributed by atoms with Crippen LogP contribution in [0.4, 0.5) is 0 Å². The van der Waals surface area contributed by atoms with E-state index in [-0.39, 0.29) is 11.9 Å². The minimum atomic E-state index is -0.123. The van der Waals surface area contributed by atoms with E-state index in [9.17, 15) is 4.79 Å². The predicted molar refractivity (Wildman–Crippen MR) is 109 cm³/mol. The lowest BCUT2D eigenvalue weighted by Crippen LogP contribution is -2.38. The number of aryl methyl sites for hydroxylation is 1. The van der Waals surface area contributed by atoms with Gasteiger partial charge in [0.05, 0.1) is 12.2 Å². The minimum Gasteiger partial charge on any atom is -0.350 e. The molecule has 1 saturated heterocycles. The summed E-state index contributed by atoms with van der Waals surface area (Å²) in [5.74, 6) is -0.123. The van der Waals surface area contributed by atoms with Crippen LogP contribution in [0.3, 0.4) is 0 Å². The first-order chi connectivity index (χ1) is 13.7. The molecule has 6 nitrogen and oxygen atoms in total. The van der Waals surface area contributed by atoms with E-state index >= 15 is 0 Å². The molecular formula is C22H27N5O. The Hall–Kier alpha value is -2.73. The van der Waals surface area contributed by atoms with Crippen molar-refractivity contribution in [3.8, 4) is 0 Å². The molecule has 1 atom stereocenters. The van der Waals surface area contributed by atoms with Gasteiger partial charge in [-0.15, -0.1) is 0 Å². The first kappa shape index (κ1) is 18.6. The molecule has 3 heterocycles. The van der Waals surface area contributed by atoms with Crippen molar-refractivity contribution < 1.29 is 4.79 Å². The predicted octanol–water partition coefficient (Wildman–Crippen LogP) is 3.38. The first-order valence-electron chi connectivity index (χ1n) is 10.1. The van der Waals surface area contributed by atoms with Crippen molar-refractivity contribution >= 4 is 11.6 Å². The molecule has 0 saturated carbocycles. The molecule has 4 rings (SSSR count). The molecule has 3 aromatic rings. The van der Waals surface area contributed by atoms with Crippen LogP contribution in [0.15, 0.2) is 48.9 Å². The van der Waals surface area contributed by atoms with Crippen LogP contribution in [0.25, 0.3) is 5.65 Å². The average Bonchev–Trinajstić information content (AvgIpc) is 2.94. The Labute approximate surface area is 165 Å². The fraction of sp³-hybridized carbons (Fsp3) is 0.409. The molecule has 1 amide bonds. The van der Waals surface area contributed by atoms with E-state index in [0.717, 1.165) is 18.7 Å². The zero-order chi connectivity index (χ0) is 19.3. The van der Waals surface area contributed by atoms with Gasteiger partial charge in [0.1, 0.15) is 5.56 Å². The Morgan fingerprint density at radius 1 is 1.11 bits per heavy atom. The molecule has 1 aromatic carbocycles. The monoisotopic (exact) mass is 377 g/mol. The van der Waals surface area contributed by atoms with Gasteiger partial charge in [-0.05, 0) is 44.0 Å². The summed E-state index contributed by atoms with van der Waals surface area (Å²) in [5.41, 5.74) is 3.36. The van der Waals surface area contributed by atoms with E-state index in [1.54, 1.807) is 16.9 Å². The summed E-state index contributed by atoms with van der Waals surface area (Å²) >= 11 is 0. The molecule has 2 aromatic heterocycles. The first-order valence-corrected chi connectivity index (χ1v) is 10.1. The number of rotatable bonds is 5. The molecule has 0 unspecified atom stereocenters. The highest BCUT2D eigenvalue weighted by molar-refractivity contribution is 5.99. The molecule has 1 N–H and O–H groups in total. The summed E-state index contributed by atoms with van der Waals surface area (Å²) < 4.78 is 1.66. The molecule has 0 spiro atoms. The lowest BCUT2D eigenvalue weighted by molar-refractivity contribution is 0.0934. The van der Waals surface area contributed by atoms with Crippen LogP contribution in [-0.2, 0) is 0 Å². The Morgan fingerprint density at radius 3 is 2.61 bits per heavy atom. The van der Waals surface area contributed by atoms with Crippen LogP contribution in [-0.4, -0.2) is 45.0 Å². The molecule has 6 heteroatoms. The van der Waals surface area contributed by atoms with Crippen LogP contribution in [0.2, 0.25) is 0 Å². The van der Waals surface area contributed by atoms with Crippen LogP contribution in [0.5, 0.6) is 0 Å². The van der Waals surface area contributed by atoms with E-state index < -0.39 is 0 Å². The number of hydrogen-bond donors (Lipinski definition) is 1. The van der Waals surface area contributed by atoms with Gasteiger partial charge in [0, 0.05) is 18.9 Å². The van der Waals surface area contributed by atoms with Crippen molar-refractivity contribution in [2.75, 3.05) is 19.6 Å². The fourth-order valence-corrected chi connectivity index (χ4v) is 3.95. The number of aromatic nitrogens is 3. The lowest BCUT2D eigenvalue weighted by atomic mass is 10.0. The number of nitrogens with zero attached hydrogens (tertiary/aromatic N) is 4. The molecule has 1 fully saturated rings. The normalized spacial score (nSPS) is 16.6. The van der Waals surface area contributed by atoms with Crippen molar-refractivity contribution in [3.05, 3.63) is 65.6 Å². The average molecular weight is 377 g/mol. The quantitative estimate of drug-likeness (QED) is 0.740. The summed E-state index contributed by atoms with van der Waals surface area (Å²) in [6.07, 6.45) is 10.3. The number of benzene rings is 1. The second kappa shape index (κ2) is 8.52. The fourth-order valence-electron chi connectivity index (χ4n) is 3.95. The van der Waals surface area contributed by atoms with Crippen molar-refractivity contribution in [2.24, 2.45) is 0 Å².